The van der Waals surface area contributed by atoms with Gasteiger partial charge in [-0.3, -0.25) is 9.79 Å². The zero-order valence-corrected chi connectivity index (χ0v) is 6.06. The van der Waals surface area contributed by atoms with E-state index in [0.29, 0.717) is 6.47 Å². The first-order chi connectivity index (χ1) is 5.22. The number of carbonyl (C=O) groups excluding carboxylic acids is 1. The fraction of sp³-hybridized carbons (Fsp3) is 0.667. The molecule has 62 valence electrons. The minimum atomic E-state index is 0.0144. The Morgan fingerprint density at radius 1 is 1.55 bits per heavy atom. The molecule has 0 unspecified atom stereocenters. The van der Waals surface area contributed by atoms with Gasteiger partial charge in [0.05, 0.1) is 6.04 Å². The standard InChI is InChI=1S/C6H11N3O2/c7-6(8)9-4-1-5(2-4)11-3-10/h3-5H,1-2H2,(H4,7,8,9). The van der Waals surface area contributed by atoms with Crippen LogP contribution in [0.1, 0.15) is 12.8 Å². The van der Waals surface area contributed by atoms with Crippen LogP contribution in [0.25, 0.3) is 0 Å². The zero-order chi connectivity index (χ0) is 8.27. The van der Waals surface area contributed by atoms with Gasteiger partial charge in [0.2, 0.25) is 0 Å². The third-order valence-electron chi connectivity index (χ3n) is 1.65. The lowest BCUT2D eigenvalue weighted by molar-refractivity contribution is -0.137. The second-order valence-electron chi connectivity index (χ2n) is 2.53. The Kier molecular flexibility index (Phi) is 2.30. The van der Waals surface area contributed by atoms with E-state index in [0.717, 1.165) is 12.8 Å². The molecular formula is C6H11N3O2. The number of carbonyl (C=O) groups is 1. The van der Waals surface area contributed by atoms with Crippen LogP contribution in [0.4, 0.5) is 0 Å². The average Bonchev–Trinajstić information content (AvgIpc) is 1.82. The topological polar surface area (TPSA) is 90.7 Å². The molecule has 0 spiro atoms. The van der Waals surface area contributed by atoms with Crippen molar-refractivity contribution in [2.24, 2.45) is 16.5 Å². The van der Waals surface area contributed by atoms with Crippen molar-refractivity contribution >= 4 is 12.4 Å². The molecular weight excluding hydrogens is 146 g/mol. The van der Waals surface area contributed by atoms with Gasteiger partial charge >= 0.3 is 0 Å². The smallest absolute Gasteiger partial charge is 0.293 e. The lowest BCUT2D eigenvalue weighted by Gasteiger charge is -2.30. The molecule has 11 heavy (non-hydrogen) atoms. The van der Waals surface area contributed by atoms with Crippen molar-refractivity contribution in [3.8, 4) is 0 Å². The lowest BCUT2D eigenvalue weighted by atomic mass is 9.90. The Morgan fingerprint density at radius 2 is 2.18 bits per heavy atom. The van der Waals surface area contributed by atoms with E-state index in [4.69, 9.17) is 11.5 Å². The molecule has 0 bridgehead atoms. The molecule has 0 radical (unpaired) electrons. The number of hydrogen-bond acceptors (Lipinski definition) is 3. The Bertz CT molecular complexity index is 171. The first kappa shape index (κ1) is 7.84. The van der Waals surface area contributed by atoms with Gasteiger partial charge in [-0.1, -0.05) is 0 Å². The Balaban J connectivity index is 2.19. The van der Waals surface area contributed by atoms with Crippen molar-refractivity contribution in [1.29, 1.82) is 0 Å². The molecule has 0 saturated heterocycles. The van der Waals surface area contributed by atoms with Crippen LogP contribution in [0.3, 0.4) is 0 Å². The van der Waals surface area contributed by atoms with E-state index in [1.807, 2.05) is 0 Å². The summed E-state index contributed by atoms with van der Waals surface area (Å²) in [4.78, 5) is 13.7. The number of aliphatic imine (C=N–C) groups is 1. The normalized spacial score (nSPS) is 28.4. The number of rotatable bonds is 3. The second-order valence-corrected chi connectivity index (χ2v) is 2.53. The number of nitrogens with two attached hydrogens (primary N) is 2. The highest BCUT2D eigenvalue weighted by Crippen LogP contribution is 2.25. The van der Waals surface area contributed by atoms with Crippen molar-refractivity contribution in [3.63, 3.8) is 0 Å². The van der Waals surface area contributed by atoms with Crippen LogP contribution in [-0.4, -0.2) is 24.6 Å². The number of guanidine groups is 1. The van der Waals surface area contributed by atoms with Gasteiger partial charge in [-0.2, -0.15) is 0 Å². The third-order valence-corrected chi connectivity index (χ3v) is 1.65. The Morgan fingerprint density at radius 3 is 2.64 bits per heavy atom. The molecule has 0 atom stereocenters. The number of nitrogens with zero attached hydrogens (tertiary/aromatic N) is 1. The summed E-state index contributed by atoms with van der Waals surface area (Å²) < 4.78 is 4.66. The molecule has 0 aromatic carbocycles. The monoisotopic (exact) mass is 157 g/mol. The highest BCUT2D eigenvalue weighted by molar-refractivity contribution is 5.75. The summed E-state index contributed by atoms with van der Waals surface area (Å²) in [5.74, 6) is 0.0968. The largest absolute Gasteiger partial charge is 0.464 e. The van der Waals surface area contributed by atoms with Gasteiger partial charge in [-0.25, -0.2) is 0 Å². The molecule has 0 aliphatic heterocycles. The van der Waals surface area contributed by atoms with Crippen molar-refractivity contribution in [3.05, 3.63) is 0 Å². The summed E-state index contributed by atoms with van der Waals surface area (Å²) in [6.07, 6.45) is 1.48. The van der Waals surface area contributed by atoms with Crippen LogP contribution in [0.2, 0.25) is 0 Å². The Labute approximate surface area is 64.4 Å². The van der Waals surface area contributed by atoms with Gasteiger partial charge < -0.3 is 16.2 Å². The van der Waals surface area contributed by atoms with Gasteiger partial charge in [0.25, 0.3) is 6.47 Å². The van der Waals surface area contributed by atoms with Crippen molar-refractivity contribution in [2.45, 2.75) is 25.0 Å². The minimum absolute atomic E-state index is 0.0144. The summed E-state index contributed by atoms with van der Waals surface area (Å²) >= 11 is 0. The molecule has 1 fully saturated rings. The molecule has 1 aliphatic carbocycles. The highest BCUT2D eigenvalue weighted by Gasteiger charge is 2.30. The molecule has 1 saturated carbocycles. The van der Waals surface area contributed by atoms with E-state index >= 15 is 0 Å². The maximum atomic E-state index is 9.83. The molecule has 1 rings (SSSR count). The second kappa shape index (κ2) is 3.23. The first-order valence-corrected chi connectivity index (χ1v) is 3.40. The van der Waals surface area contributed by atoms with Crippen LogP contribution in [0.5, 0.6) is 0 Å². The van der Waals surface area contributed by atoms with Gasteiger partial charge in [0.1, 0.15) is 6.10 Å². The zero-order valence-electron chi connectivity index (χ0n) is 6.06. The van der Waals surface area contributed by atoms with Crippen LogP contribution >= 0.6 is 0 Å². The van der Waals surface area contributed by atoms with E-state index in [9.17, 15) is 4.79 Å². The van der Waals surface area contributed by atoms with Gasteiger partial charge in [0.15, 0.2) is 5.96 Å². The van der Waals surface area contributed by atoms with E-state index in [-0.39, 0.29) is 18.1 Å². The summed E-state index contributed by atoms with van der Waals surface area (Å²) in [5.41, 5.74) is 10.3. The Hall–Kier alpha value is -1.26. The molecule has 0 aromatic rings. The van der Waals surface area contributed by atoms with E-state index in [1.54, 1.807) is 0 Å². The van der Waals surface area contributed by atoms with Gasteiger partial charge in [-0.05, 0) is 0 Å². The molecule has 0 aromatic heterocycles. The summed E-state index contributed by atoms with van der Waals surface area (Å²) in [5, 5.41) is 0. The predicted molar refractivity (Wildman–Crippen MR) is 39.8 cm³/mol. The maximum absolute atomic E-state index is 9.83. The molecule has 5 heteroatoms. The molecule has 4 N–H and O–H groups in total. The summed E-state index contributed by atoms with van der Waals surface area (Å²) in [6.45, 7) is 0.455. The van der Waals surface area contributed by atoms with Crippen molar-refractivity contribution < 1.29 is 9.53 Å². The summed E-state index contributed by atoms with van der Waals surface area (Å²) in [7, 11) is 0. The van der Waals surface area contributed by atoms with Crippen molar-refractivity contribution in [1.82, 2.24) is 0 Å². The maximum Gasteiger partial charge on any atom is 0.293 e. The van der Waals surface area contributed by atoms with Crippen LogP contribution in [-0.2, 0) is 9.53 Å². The number of ether oxygens (including phenoxy) is 1. The van der Waals surface area contributed by atoms with E-state index < -0.39 is 0 Å². The molecule has 1 aliphatic rings. The fourth-order valence-corrected chi connectivity index (χ4v) is 1.04. The average molecular weight is 157 g/mol. The number of hydrogen-bond donors (Lipinski definition) is 2. The predicted octanol–water partition coefficient (Wildman–Crippen LogP) is -1.04. The van der Waals surface area contributed by atoms with Crippen LogP contribution < -0.4 is 11.5 Å². The lowest BCUT2D eigenvalue weighted by Crippen LogP contribution is -2.37. The van der Waals surface area contributed by atoms with Crippen molar-refractivity contribution in [2.75, 3.05) is 0 Å². The summed E-state index contributed by atoms with van der Waals surface area (Å²) in [6, 6.07) is 0.143. The minimum Gasteiger partial charge on any atom is -0.464 e. The molecule has 5 nitrogen and oxygen atoms in total. The SMILES string of the molecule is NC(N)=NC1CC(OC=O)C1. The molecule has 0 heterocycles. The van der Waals surface area contributed by atoms with Gasteiger partial charge in [-0.15, -0.1) is 0 Å². The first-order valence-electron chi connectivity index (χ1n) is 3.40. The van der Waals surface area contributed by atoms with E-state index in [1.165, 1.54) is 0 Å². The van der Waals surface area contributed by atoms with Crippen LogP contribution in [0.15, 0.2) is 4.99 Å². The van der Waals surface area contributed by atoms with Gasteiger partial charge in [0, 0.05) is 12.8 Å². The van der Waals surface area contributed by atoms with E-state index in [2.05, 4.69) is 9.73 Å². The molecule has 0 amide bonds. The fourth-order valence-electron chi connectivity index (χ4n) is 1.04. The van der Waals surface area contributed by atoms with Crippen LogP contribution in [0, 0.1) is 0 Å². The quantitative estimate of drug-likeness (QED) is 0.311. The highest BCUT2D eigenvalue weighted by atomic mass is 16.5. The third kappa shape index (κ3) is 2.10.